The summed E-state index contributed by atoms with van der Waals surface area (Å²) < 4.78 is 14.3. The van der Waals surface area contributed by atoms with Gasteiger partial charge < -0.3 is 5.73 Å². The van der Waals surface area contributed by atoms with Crippen molar-refractivity contribution in [2.24, 2.45) is 5.73 Å². The Balaban J connectivity index is 2.16. The van der Waals surface area contributed by atoms with E-state index < -0.39 is 5.67 Å². The lowest BCUT2D eigenvalue weighted by atomic mass is 9.92. The summed E-state index contributed by atoms with van der Waals surface area (Å²) in [5.74, 6) is 0. The molecule has 1 aliphatic carbocycles. The first-order chi connectivity index (χ1) is 7.23. The van der Waals surface area contributed by atoms with Gasteiger partial charge in [0.25, 0.3) is 0 Å². The summed E-state index contributed by atoms with van der Waals surface area (Å²) in [6, 6.07) is 7.92. The second-order valence-corrected chi connectivity index (χ2v) is 4.51. The maximum Gasteiger partial charge on any atom is 0.115 e. The van der Waals surface area contributed by atoms with Crippen LogP contribution < -0.4 is 5.73 Å². The summed E-state index contributed by atoms with van der Waals surface area (Å²) in [5.41, 5.74) is 6.85. The number of rotatable bonds is 3. The van der Waals surface area contributed by atoms with Gasteiger partial charge in [-0.3, -0.25) is 0 Å². The Morgan fingerprint density at radius 1 is 1.13 bits per heavy atom. The van der Waals surface area contributed by atoms with E-state index in [2.05, 4.69) is 0 Å². The van der Waals surface area contributed by atoms with E-state index in [1.807, 2.05) is 24.3 Å². The largest absolute Gasteiger partial charge is 0.326 e. The van der Waals surface area contributed by atoms with Gasteiger partial charge in [0.05, 0.1) is 0 Å². The van der Waals surface area contributed by atoms with Crippen LogP contribution in [0.15, 0.2) is 24.3 Å². The van der Waals surface area contributed by atoms with Gasteiger partial charge in [-0.05, 0) is 24.0 Å². The molecule has 0 spiro atoms. The predicted molar refractivity (Wildman–Crippen MR) is 60.3 cm³/mol. The third kappa shape index (κ3) is 2.37. The van der Waals surface area contributed by atoms with Crippen LogP contribution in [-0.4, -0.2) is 5.67 Å². The zero-order chi connectivity index (χ0) is 10.7. The molecule has 1 aliphatic rings. The fourth-order valence-corrected chi connectivity index (χ4v) is 2.46. The van der Waals surface area contributed by atoms with E-state index in [0.717, 1.165) is 24.0 Å². The molecule has 0 aromatic heterocycles. The van der Waals surface area contributed by atoms with Gasteiger partial charge in [-0.1, -0.05) is 37.1 Å². The van der Waals surface area contributed by atoms with E-state index in [1.165, 1.54) is 0 Å². The molecule has 1 saturated carbocycles. The Bertz CT molecular complexity index is 329. The van der Waals surface area contributed by atoms with Gasteiger partial charge in [0.1, 0.15) is 5.67 Å². The summed E-state index contributed by atoms with van der Waals surface area (Å²) in [5, 5.41) is 0. The second-order valence-electron chi connectivity index (χ2n) is 4.51. The summed E-state index contributed by atoms with van der Waals surface area (Å²) >= 11 is 0. The molecular weight excluding hydrogens is 189 g/mol. The van der Waals surface area contributed by atoms with Crippen molar-refractivity contribution in [3.05, 3.63) is 35.4 Å². The van der Waals surface area contributed by atoms with E-state index in [1.54, 1.807) is 0 Å². The van der Waals surface area contributed by atoms with Crippen LogP contribution in [0, 0.1) is 0 Å². The summed E-state index contributed by atoms with van der Waals surface area (Å²) in [4.78, 5) is 0. The monoisotopic (exact) mass is 207 g/mol. The number of nitrogens with two attached hydrogens (primary N) is 1. The molecule has 0 aliphatic heterocycles. The molecule has 0 saturated heterocycles. The third-order valence-corrected chi connectivity index (χ3v) is 3.35. The Morgan fingerprint density at radius 2 is 1.73 bits per heavy atom. The molecule has 0 amide bonds. The zero-order valence-electron chi connectivity index (χ0n) is 9.01. The standard InChI is InChI=1S/C13H18FN/c14-13(7-3-4-8-13)9-11-5-1-2-6-12(11)10-15/h1-2,5-6H,3-4,7-10,15H2. The first-order valence-electron chi connectivity index (χ1n) is 5.69. The molecule has 2 heteroatoms. The van der Waals surface area contributed by atoms with Gasteiger partial charge in [0, 0.05) is 13.0 Å². The Morgan fingerprint density at radius 3 is 2.33 bits per heavy atom. The molecule has 1 fully saturated rings. The number of hydrogen-bond acceptors (Lipinski definition) is 1. The molecule has 0 unspecified atom stereocenters. The van der Waals surface area contributed by atoms with Crippen molar-refractivity contribution in [1.29, 1.82) is 0 Å². The van der Waals surface area contributed by atoms with E-state index in [-0.39, 0.29) is 0 Å². The molecule has 15 heavy (non-hydrogen) atoms. The molecule has 0 radical (unpaired) electrons. The average molecular weight is 207 g/mol. The molecule has 2 N–H and O–H groups in total. The highest BCUT2D eigenvalue weighted by molar-refractivity contribution is 5.28. The molecule has 0 bridgehead atoms. The lowest BCUT2D eigenvalue weighted by Gasteiger charge is -2.20. The first-order valence-corrected chi connectivity index (χ1v) is 5.69. The molecule has 0 heterocycles. The first kappa shape index (κ1) is 10.6. The van der Waals surface area contributed by atoms with Crippen LogP contribution in [0.3, 0.4) is 0 Å². The van der Waals surface area contributed by atoms with Gasteiger partial charge in [0.2, 0.25) is 0 Å². The number of benzene rings is 1. The maximum absolute atomic E-state index is 14.3. The molecule has 1 aromatic carbocycles. The highest BCUT2D eigenvalue weighted by Gasteiger charge is 2.33. The normalized spacial score (nSPS) is 19.3. The van der Waals surface area contributed by atoms with Gasteiger partial charge in [-0.2, -0.15) is 0 Å². The van der Waals surface area contributed by atoms with Crippen molar-refractivity contribution in [3.63, 3.8) is 0 Å². The molecule has 1 nitrogen and oxygen atoms in total. The minimum atomic E-state index is -0.967. The maximum atomic E-state index is 14.3. The van der Waals surface area contributed by atoms with Crippen molar-refractivity contribution in [1.82, 2.24) is 0 Å². The highest BCUT2D eigenvalue weighted by atomic mass is 19.1. The van der Waals surface area contributed by atoms with Gasteiger partial charge in [-0.15, -0.1) is 0 Å². The number of hydrogen-bond donors (Lipinski definition) is 1. The number of halogens is 1. The molecule has 82 valence electrons. The van der Waals surface area contributed by atoms with Crippen LogP contribution in [0.25, 0.3) is 0 Å². The van der Waals surface area contributed by atoms with Crippen molar-refractivity contribution >= 4 is 0 Å². The SMILES string of the molecule is NCc1ccccc1CC1(F)CCCC1. The van der Waals surface area contributed by atoms with E-state index in [9.17, 15) is 4.39 Å². The quantitative estimate of drug-likeness (QED) is 0.810. The molecule has 2 rings (SSSR count). The Kier molecular flexibility index (Phi) is 3.06. The van der Waals surface area contributed by atoms with Crippen molar-refractivity contribution in [2.45, 2.75) is 44.3 Å². The van der Waals surface area contributed by atoms with Crippen LogP contribution in [0.2, 0.25) is 0 Å². The topological polar surface area (TPSA) is 26.0 Å². The van der Waals surface area contributed by atoms with Crippen LogP contribution in [-0.2, 0) is 13.0 Å². The highest BCUT2D eigenvalue weighted by Crippen LogP contribution is 2.36. The smallest absolute Gasteiger partial charge is 0.115 e. The fraction of sp³-hybridized carbons (Fsp3) is 0.538. The Labute approximate surface area is 90.5 Å². The lowest BCUT2D eigenvalue weighted by Crippen LogP contribution is -2.22. The summed E-state index contributed by atoms with van der Waals surface area (Å²) in [6.45, 7) is 0.506. The zero-order valence-corrected chi connectivity index (χ0v) is 9.01. The van der Waals surface area contributed by atoms with Crippen LogP contribution in [0.4, 0.5) is 4.39 Å². The molecule has 1 aromatic rings. The van der Waals surface area contributed by atoms with E-state index in [4.69, 9.17) is 5.73 Å². The van der Waals surface area contributed by atoms with Crippen molar-refractivity contribution < 1.29 is 4.39 Å². The second kappa shape index (κ2) is 4.31. The summed E-state index contributed by atoms with van der Waals surface area (Å²) in [7, 11) is 0. The Hall–Kier alpha value is -0.890. The molecule has 0 atom stereocenters. The van der Waals surface area contributed by atoms with E-state index >= 15 is 0 Å². The van der Waals surface area contributed by atoms with Crippen molar-refractivity contribution in [2.75, 3.05) is 0 Å². The minimum Gasteiger partial charge on any atom is -0.326 e. The van der Waals surface area contributed by atoms with Gasteiger partial charge in [-0.25, -0.2) is 4.39 Å². The van der Waals surface area contributed by atoms with Gasteiger partial charge in [0.15, 0.2) is 0 Å². The average Bonchev–Trinajstić information content (AvgIpc) is 2.66. The summed E-state index contributed by atoms with van der Waals surface area (Å²) in [6.07, 6.45) is 4.03. The predicted octanol–water partition coefficient (Wildman–Crippen LogP) is 2.97. The van der Waals surface area contributed by atoms with Crippen LogP contribution in [0.1, 0.15) is 36.8 Å². The van der Waals surface area contributed by atoms with Crippen LogP contribution >= 0.6 is 0 Å². The minimum absolute atomic E-state index is 0.506. The van der Waals surface area contributed by atoms with Crippen LogP contribution in [0.5, 0.6) is 0 Å². The lowest BCUT2D eigenvalue weighted by molar-refractivity contribution is 0.172. The fourth-order valence-electron chi connectivity index (χ4n) is 2.46. The van der Waals surface area contributed by atoms with Crippen molar-refractivity contribution in [3.8, 4) is 0 Å². The van der Waals surface area contributed by atoms with Gasteiger partial charge >= 0.3 is 0 Å². The van der Waals surface area contributed by atoms with E-state index in [0.29, 0.717) is 25.8 Å². The third-order valence-electron chi connectivity index (χ3n) is 3.35. The molecular formula is C13H18FN. The number of alkyl halides is 1.